The third-order valence-corrected chi connectivity index (χ3v) is 4.04. The molecule has 0 aliphatic heterocycles. The number of hydrogen-bond acceptors (Lipinski definition) is 4. The van der Waals surface area contributed by atoms with E-state index in [-0.39, 0.29) is 30.6 Å². The zero-order chi connectivity index (χ0) is 18.5. The van der Waals surface area contributed by atoms with Crippen molar-refractivity contribution in [3.05, 3.63) is 23.8 Å². The van der Waals surface area contributed by atoms with Crippen molar-refractivity contribution in [1.82, 2.24) is 10.6 Å². The summed E-state index contributed by atoms with van der Waals surface area (Å²) >= 11 is 0. The predicted molar refractivity (Wildman–Crippen MR) is 118 cm³/mol. The molecule has 0 fully saturated rings. The zero-order valence-corrected chi connectivity index (χ0v) is 18.7. The minimum absolute atomic E-state index is 0. The third kappa shape index (κ3) is 8.93. The van der Waals surface area contributed by atoms with E-state index < -0.39 is 0 Å². The quantitative estimate of drug-likeness (QED) is 0.258. The first-order chi connectivity index (χ1) is 12.2. The number of guanidine groups is 1. The van der Waals surface area contributed by atoms with Crippen molar-refractivity contribution in [1.29, 1.82) is 0 Å². The summed E-state index contributed by atoms with van der Waals surface area (Å²) in [7, 11) is 3.29. The van der Waals surface area contributed by atoms with E-state index in [1.54, 1.807) is 14.2 Å². The lowest BCUT2D eigenvalue weighted by molar-refractivity contribution is 0.251. The number of nitrogens with zero attached hydrogens (tertiary/aromatic N) is 1. The van der Waals surface area contributed by atoms with E-state index in [0.29, 0.717) is 12.5 Å². The van der Waals surface area contributed by atoms with Crippen LogP contribution in [-0.4, -0.2) is 45.0 Å². The second kappa shape index (κ2) is 14.9. The minimum atomic E-state index is 0. The smallest absolute Gasteiger partial charge is 0.191 e. The van der Waals surface area contributed by atoms with Crippen LogP contribution in [0.3, 0.4) is 0 Å². The molecule has 1 aromatic carbocycles. The van der Waals surface area contributed by atoms with Crippen LogP contribution in [0.4, 0.5) is 0 Å². The molecule has 0 aliphatic carbocycles. The molecule has 7 heteroatoms. The first-order valence-electron chi connectivity index (χ1n) is 9.02. The van der Waals surface area contributed by atoms with E-state index in [2.05, 4.69) is 22.5 Å². The van der Waals surface area contributed by atoms with Gasteiger partial charge in [0.05, 0.1) is 20.8 Å². The van der Waals surface area contributed by atoms with E-state index >= 15 is 0 Å². The fourth-order valence-electron chi connectivity index (χ4n) is 2.67. The maximum absolute atomic E-state index is 9.19. The van der Waals surface area contributed by atoms with Crippen molar-refractivity contribution in [3.63, 3.8) is 0 Å². The van der Waals surface area contributed by atoms with Crippen LogP contribution < -0.4 is 20.1 Å². The van der Waals surface area contributed by atoms with Crippen LogP contribution in [0.5, 0.6) is 11.5 Å². The summed E-state index contributed by atoms with van der Waals surface area (Å²) in [4.78, 5) is 4.65. The Bertz CT molecular complexity index is 521. The molecule has 0 bridgehead atoms. The molecule has 1 aromatic rings. The Morgan fingerprint density at radius 3 is 2.50 bits per heavy atom. The molecule has 1 rings (SSSR count). The van der Waals surface area contributed by atoms with Crippen LogP contribution in [-0.2, 0) is 6.54 Å². The molecule has 150 valence electrons. The second-order valence-corrected chi connectivity index (χ2v) is 5.92. The van der Waals surface area contributed by atoms with Gasteiger partial charge in [0.25, 0.3) is 0 Å². The van der Waals surface area contributed by atoms with Crippen molar-refractivity contribution < 1.29 is 14.6 Å². The highest BCUT2D eigenvalue weighted by Crippen LogP contribution is 2.25. The number of aliphatic hydroxyl groups excluding tert-OH is 1. The van der Waals surface area contributed by atoms with Gasteiger partial charge in [0.1, 0.15) is 11.5 Å². The highest BCUT2D eigenvalue weighted by atomic mass is 127. The lowest BCUT2D eigenvalue weighted by Crippen LogP contribution is -2.40. The number of benzene rings is 1. The molecule has 1 unspecified atom stereocenters. The van der Waals surface area contributed by atoms with Crippen LogP contribution in [0.25, 0.3) is 0 Å². The van der Waals surface area contributed by atoms with Crippen molar-refractivity contribution in [2.75, 3.05) is 33.9 Å². The average molecular weight is 479 g/mol. The molecule has 1 atom stereocenters. The lowest BCUT2D eigenvalue weighted by atomic mass is 10.0. The number of halogens is 1. The summed E-state index contributed by atoms with van der Waals surface area (Å²) in [6, 6.07) is 5.74. The molecule has 0 aliphatic rings. The van der Waals surface area contributed by atoms with Gasteiger partial charge in [0.2, 0.25) is 0 Å². The first kappa shape index (κ1) is 24.8. The van der Waals surface area contributed by atoms with Crippen molar-refractivity contribution >= 4 is 29.9 Å². The first-order valence-corrected chi connectivity index (χ1v) is 9.02. The second-order valence-electron chi connectivity index (χ2n) is 5.92. The molecule has 6 nitrogen and oxygen atoms in total. The van der Waals surface area contributed by atoms with Gasteiger partial charge in [-0.05, 0) is 37.8 Å². The average Bonchev–Trinajstić information content (AvgIpc) is 2.64. The molecule has 0 radical (unpaired) electrons. The van der Waals surface area contributed by atoms with E-state index in [9.17, 15) is 5.11 Å². The Balaban J connectivity index is 0.00000625. The van der Waals surface area contributed by atoms with E-state index in [1.165, 1.54) is 0 Å². The summed E-state index contributed by atoms with van der Waals surface area (Å²) in [5.41, 5.74) is 1.00. The number of aliphatic imine (C=N–C) groups is 1. The Labute approximate surface area is 174 Å². The van der Waals surface area contributed by atoms with Gasteiger partial charge >= 0.3 is 0 Å². The molecule has 3 N–H and O–H groups in total. The summed E-state index contributed by atoms with van der Waals surface area (Å²) < 4.78 is 10.7. The SMILES string of the molecule is CCCC(CCO)CNC(=NCc1ccc(OC)cc1OC)NCC.I. The van der Waals surface area contributed by atoms with Gasteiger partial charge in [-0.25, -0.2) is 4.99 Å². The van der Waals surface area contributed by atoms with Gasteiger partial charge in [0.15, 0.2) is 5.96 Å². The molecule has 0 aromatic heterocycles. The molecule has 0 saturated heterocycles. The van der Waals surface area contributed by atoms with Crippen molar-refractivity contribution in [3.8, 4) is 11.5 Å². The lowest BCUT2D eigenvalue weighted by Gasteiger charge is -2.18. The molecule has 0 amide bonds. The predicted octanol–water partition coefficient (Wildman–Crippen LogP) is 3.18. The summed E-state index contributed by atoms with van der Waals surface area (Å²) in [6.45, 7) is 6.55. The van der Waals surface area contributed by atoms with Crippen LogP contribution in [0.2, 0.25) is 0 Å². The van der Waals surface area contributed by atoms with Gasteiger partial charge in [0, 0.05) is 31.3 Å². The normalized spacial score (nSPS) is 12.1. The van der Waals surface area contributed by atoms with Gasteiger partial charge in [-0.1, -0.05) is 13.3 Å². The largest absolute Gasteiger partial charge is 0.497 e. The van der Waals surface area contributed by atoms with E-state index in [1.807, 2.05) is 25.1 Å². The third-order valence-electron chi connectivity index (χ3n) is 4.04. The van der Waals surface area contributed by atoms with Crippen LogP contribution >= 0.6 is 24.0 Å². The summed E-state index contributed by atoms with van der Waals surface area (Å²) in [6.07, 6.45) is 3.02. The Kier molecular flexibility index (Phi) is 14.2. The number of hydrogen-bond donors (Lipinski definition) is 3. The Morgan fingerprint density at radius 2 is 1.92 bits per heavy atom. The van der Waals surface area contributed by atoms with Crippen LogP contribution in [0.1, 0.15) is 38.7 Å². The van der Waals surface area contributed by atoms with Crippen LogP contribution in [0.15, 0.2) is 23.2 Å². The molecule has 26 heavy (non-hydrogen) atoms. The van der Waals surface area contributed by atoms with Gasteiger partial charge in [-0.2, -0.15) is 0 Å². The molecular formula is C19H34IN3O3. The highest BCUT2D eigenvalue weighted by Gasteiger charge is 2.09. The van der Waals surface area contributed by atoms with E-state index in [4.69, 9.17) is 9.47 Å². The van der Waals surface area contributed by atoms with Crippen LogP contribution in [0, 0.1) is 5.92 Å². The standard InChI is InChI=1S/C19H33N3O3.HI/c1-5-7-15(10-11-23)13-21-19(20-6-2)22-14-16-8-9-17(24-3)12-18(16)25-4;/h8-9,12,15,23H,5-7,10-11,13-14H2,1-4H3,(H2,20,21,22);1H. The zero-order valence-electron chi connectivity index (χ0n) is 16.4. The van der Waals surface area contributed by atoms with Crippen molar-refractivity contribution in [2.45, 2.75) is 39.7 Å². The number of rotatable bonds is 11. The monoisotopic (exact) mass is 479 g/mol. The number of methoxy groups -OCH3 is 2. The summed E-state index contributed by atoms with van der Waals surface area (Å²) in [5.74, 6) is 2.76. The molecule has 0 spiro atoms. The number of nitrogens with one attached hydrogen (secondary N) is 2. The molecule has 0 heterocycles. The summed E-state index contributed by atoms with van der Waals surface area (Å²) in [5, 5.41) is 15.8. The number of aliphatic hydroxyl groups is 1. The van der Waals surface area contributed by atoms with Gasteiger partial charge in [-0.15, -0.1) is 24.0 Å². The Hall–Kier alpha value is -1.22. The van der Waals surface area contributed by atoms with Gasteiger partial charge < -0.3 is 25.2 Å². The fourth-order valence-corrected chi connectivity index (χ4v) is 2.67. The topological polar surface area (TPSA) is 75.1 Å². The number of ether oxygens (including phenoxy) is 2. The molecule has 0 saturated carbocycles. The van der Waals surface area contributed by atoms with Crippen molar-refractivity contribution in [2.24, 2.45) is 10.9 Å². The minimum Gasteiger partial charge on any atom is -0.497 e. The maximum Gasteiger partial charge on any atom is 0.191 e. The van der Waals surface area contributed by atoms with Gasteiger partial charge in [-0.3, -0.25) is 0 Å². The van der Waals surface area contributed by atoms with E-state index in [0.717, 1.165) is 55.4 Å². The highest BCUT2D eigenvalue weighted by molar-refractivity contribution is 14.0. The fraction of sp³-hybridized carbons (Fsp3) is 0.632. The Morgan fingerprint density at radius 1 is 1.15 bits per heavy atom. The maximum atomic E-state index is 9.19. The molecular weight excluding hydrogens is 445 g/mol.